The molecule has 4 fully saturated rings. The summed E-state index contributed by atoms with van der Waals surface area (Å²) in [5.41, 5.74) is 35.5. The van der Waals surface area contributed by atoms with Crippen molar-refractivity contribution in [1.29, 1.82) is 0 Å². The van der Waals surface area contributed by atoms with Gasteiger partial charge in [-0.1, -0.05) is 0 Å². The lowest BCUT2D eigenvalue weighted by molar-refractivity contribution is -0.289. The minimum absolute atomic E-state index is 0.0464. The van der Waals surface area contributed by atoms with Crippen LogP contribution in [0.25, 0.3) is 0 Å². The first kappa shape index (κ1) is 41.2. The van der Waals surface area contributed by atoms with Gasteiger partial charge in [-0.25, -0.2) is 0 Å². The van der Waals surface area contributed by atoms with Crippen LogP contribution in [0, 0.1) is 5.92 Å². The number of Topliss-reactive ketones (excluding diaryl/α,β-unsaturated/α-hetero) is 1. The van der Waals surface area contributed by atoms with Gasteiger partial charge in [-0.3, -0.25) is 9.59 Å². The lowest BCUT2D eigenvalue weighted by Gasteiger charge is -2.46. The SMILES string of the molecule is NCC1O[C@H](O[C@@H]2C(N)C[C@@H](NC(=O)CCC(=O)C[C@@H]3CC(N)[C@@H](O[C@H]4OC(CN)[C@@H](O)[C@H](O)C4N)[C@H](O)C3O)C(O)C2O)C(N)C(O)[C@@H]1O. The summed E-state index contributed by atoms with van der Waals surface area (Å²) in [7, 11) is 0. The highest BCUT2D eigenvalue weighted by molar-refractivity contribution is 5.85. The molecule has 1 amide bonds. The molecule has 0 aromatic carbocycles. The minimum Gasteiger partial charge on any atom is -0.390 e. The number of nitrogens with one attached hydrogen (secondary N) is 1. The van der Waals surface area contributed by atoms with Gasteiger partial charge in [-0.2, -0.15) is 0 Å². The van der Waals surface area contributed by atoms with Gasteiger partial charge in [0.15, 0.2) is 12.6 Å². The number of aliphatic hydroxyl groups is 8. The van der Waals surface area contributed by atoms with E-state index >= 15 is 0 Å². The molecule has 21 heteroatoms. The number of rotatable bonds is 12. The number of ether oxygens (including phenoxy) is 4. The maximum atomic E-state index is 12.8. The van der Waals surface area contributed by atoms with Crippen molar-refractivity contribution in [3.8, 4) is 0 Å². The van der Waals surface area contributed by atoms with Crippen molar-refractivity contribution >= 4 is 11.7 Å². The molecule has 50 heavy (non-hydrogen) atoms. The van der Waals surface area contributed by atoms with E-state index in [0.717, 1.165) is 0 Å². The lowest BCUT2D eigenvalue weighted by Crippen LogP contribution is -2.68. The summed E-state index contributed by atoms with van der Waals surface area (Å²) in [6, 6.07) is -5.26. The van der Waals surface area contributed by atoms with Gasteiger partial charge in [0.1, 0.15) is 72.9 Å². The Kier molecular flexibility index (Phi) is 14.4. The van der Waals surface area contributed by atoms with Gasteiger partial charge >= 0.3 is 0 Å². The molecule has 4 rings (SSSR count). The third kappa shape index (κ3) is 8.95. The molecule has 290 valence electrons. The highest BCUT2D eigenvalue weighted by atomic mass is 16.7. The van der Waals surface area contributed by atoms with E-state index in [9.17, 15) is 50.4 Å². The highest BCUT2D eigenvalue weighted by Crippen LogP contribution is 2.33. The standard InChI is InChI=1S/C29H55N7O14/c30-6-13-20(41)22(43)16(34)28(47-13)49-26-10(32)4-8(18(39)24(26)45)3-9(37)1-2-15(38)36-12-5-11(33)27(25(46)19(12)40)50-29-17(35)23(44)21(42)14(7-31)48-29/h8,10-14,16-29,39-46H,1-7,30-35H2,(H,36,38)/t8-,10?,11?,12-,13?,14?,16?,17?,18?,19?,20-,21-,22-,23?,24-,25?,26-,27-,28-,29-/m1/s1. The first-order valence-electron chi connectivity index (χ1n) is 16.8. The van der Waals surface area contributed by atoms with E-state index in [1.54, 1.807) is 0 Å². The van der Waals surface area contributed by atoms with Gasteiger partial charge in [-0.15, -0.1) is 0 Å². The molecule has 0 aromatic rings. The van der Waals surface area contributed by atoms with Gasteiger partial charge in [0.25, 0.3) is 0 Å². The molecule has 10 unspecified atom stereocenters. The first-order chi connectivity index (χ1) is 23.5. The van der Waals surface area contributed by atoms with E-state index in [-0.39, 0.29) is 45.2 Å². The van der Waals surface area contributed by atoms with Crippen LogP contribution in [0.1, 0.15) is 32.1 Å². The molecule has 0 bridgehead atoms. The molecule has 2 heterocycles. The van der Waals surface area contributed by atoms with Gasteiger partial charge in [0.2, 0.25) is 5.91 Å². The molecule has 2 aliphatic heterocycles. The second kappa shape index (κ2) is 17.5. The largest absolute Gasteiger partial charge is 0.390 e. The lowest BCUT2D eigenvalue weighted by atomic mass is 9.77. The van der Waals surface area contributed by atoms with Crippen LogP contribution in [-0.4, -0.2) is 182 Å². The second-order valence-electron chi connectivity index (χ2n) is 13.8. The zero-order chi connectivity index (χ0) is 37.2. The summed E-state index contributed by atoms with van der Waals surface area (Å²) in [4.78, 5) is 25.6. The van der Waals surface area contributed by atoms with E-state index in [4.69, 9.17) is 53.3 Å². The summed E-state index contributed by atoms with van der Waals surface area (Å²) in [6.07, 6.45) is -19.5. The number of amides is 1. The number of hydrogen-bond donors (Lipinski definition) is 15. The zero-order valence-corrected chi connectivity index (χ0v) is 27.5. The maximum Gasteiger partial charge on any atom is 0.220 e. The highest BCUT2D eigenvalue weighted by Gasteiger charge is 2.50. The van der Waals surface area contributed by atoms with Crippen LogP contribution < -0.4 is 39.7 Å². The molecular weight excluding hydrogens is 670 g/mol. The average Bonchev–Trinajstić information content (AvgIpc) is 3.08. The van der Waals surface area contributed by atoms with E-state index in [2.05, 4.69) is 5.32 Å². The molecule has 2 saturated carbocycles. The Morgan fingerprint density at radius 2 is 1.08 bits per heavy atom. The van der Waals surface area contributed by atoms with Crippen LogP contribution in [-0.2, 0) is 28.5 Å². The van der Waals surface area contributed by atoms with Crippen molar-refractivity contribution in [1.82, 2.24) is 5.32 Å². The fraction of sp³-hybridized carbons (Fsp3) is 0.931. The van der Waals surface area contributed by atoms with E-state index in [0.29, 0.717) is 0 Å². The van der Waals surface area contributed by atoms with Crippen molar-refractivity contribution in [2.45, 2.75) is 148 Å². The first-order valence-corrected chi connectivity index (χ1v) is 16.8. The molecule has 2 saturated heterocycles. The Morgan fingerprint density at radius 3 is 1.56 bits per heavy atom. The summed E-state index contributed by atoms with van der Waals surface area (Å²) in [5, 5.41) is 86.3. The topological polar surface area (TPSA) is 401 Å². The fourth-order valence-electron chi connectivity index (χ4n) is 7.09. The average molecular weight is 726 g/mol. The van der Waals surface area contributed by atoms with Crippen molar-refractivity contribution in [3.05, 3.63) is 0 Å². The van der Waals surface area contributed by atoms with Crippen LogP contribution in [0.15, 0.2) is 0 Å². The summed E-state index contributed by atoms with van der Waals surface area (Å²) >= 11 is 0. The third-order valence-corrected chi connectivity index (χ3v) is 10.2. The maximum absolute atomic E-state index is 12.8. The number of carbonyl (C=O) groups is 2. The van der Waals surface area contributed by atoms with Crippen LogP contribution in [0.4, 0.5) is 0 Å². The molecule has 0 aromatic heterocycles. The molecule has 21 nitrogen and oxygen atoms in total. The molecule has 21 N–H and O–H groups in total. The van der Waals surface area contributed by atoms with Crippen LogP contribution >= 0.6 is 0 Å². The van der Waals surface area contributed by atoms with Gasteiger partial charge in [-0.05, 0) is 18.8 Å². The number of ketones is 1. The predicted octanol–water partition coefficient (Wildman–Crippen LogP) is -9.03. The van der Waals surface area contributed by atoms with Crippen molar-refractivity contribution in [3.63, 3.8) is 0 Å². The Hall–Kier alpha value is -1.58. The van der Waals surface area contributed by atoms with Crippen LogP contribution in [0.5, 0.6) is 0 Å². The number of carbonyl (C=O) groups excluding carboxylic acids is 2. The van der Waals surface area contributed by atoms with Crippen molar-refractivity contribution in [2.75, 3.05) is 13.1 Å². The summed E-state index contributed by atoms with van der Waals surface area (Å²) < 4.78 is 22.6. The molecular formula is C29H55N7O14. The van der Waals surface area contributed by atoms with Crippen molar-refractivity contribution < 1.29 is 69.4 Å². The van der Waals surface area contributed by atoms with E-state index in [1.807, 2.05) is 0 Å². The number of aliphatic hydroxyl groups excluding tert-OH is 8. The zero-order valence-electron chi connectivity index (χ0n) is 27.5. The Bertz CT molecular complexity index is 1050. The van der Waals surface area contributed by atoms with Gasteiger partial charge in [0, 0.05) is 44.4 Å². The quantitative estimate of drug-likeness (QED) is 0.0887. The molecule has 20 atom stereocenters. The molecule has 4 aliphatic rings. The van der Waals surface area contributed by atoms with Gasteiger partial charge in [0.05, 0.1) is 24.2 Å². The normalized spacial score (nSPS) is 48.6. The monoisotopic (exact) mass is 725 g/mol. The molecule has 0 radical (unpaired) electrons. The molecule has 2 aliphatic carbocycles. The van der Waals surface area contributed by atoms with Gasteiger partial charge < -0.3 is 99.5 Å². The van der Waals surface area contributed by atoms with Crippen LogP contribution in [0.2, 0.25) is 0 Å². The Morgan fingerprint density at radius 1 is 0.620 bits per heavy atom. The van der Waals surface area contributed by atoms with E-state index < -0.39 is 134 Å². The molecule has 0 spiro atoms. The van der Waals surface area contributed by atoms with Crippen molar-refractivity contribution in [2.24, 2.45) is 40.3 Å². The summed E-state index contributed by atoms with van der Waals surface area (Å²) in [6.45, 7) is -0.306. The van der Waals surface area contributed by atoms with E-state index in [1.165, 1.54) is 0 Å². The Balaban J connectivity index is 1.23. The number of hydrogen-bond acceptors (Lipinski definition) is 20. The third-order valence-electron chi connectivity index (χ3n) is 10.2. The number of nitrogens with two attached hydrogens (primary N) is 6. The predicted molar refractivity (Wildman–Crippen MR) is 169 cm³/mol. The summed E-state index contributed by atoms with van der Waals surface area (Å²) in [5.74, 6) is -1.82. The van der Waals surface area contributed by atoms with Crippen LogP contribution in [0.3, 0.4) is 0 Å². The smallest absolute Gasteiger partial charge is 0.220 e. The minimum atomic E-state index is -1.61. The fourth-order valence-corrected chi connectivity index (χ4v) is 7.09. The second-order valence-corrected chi connectivity index (χ2v) is 13.8. The Labute approximate surface area is 288 Å².